The van der Waals surface area contributed by atoms with Crippen LogP contribution in [0.4, 0.5) is 0 Å². The number of furan rings is 1. The van der Waals surface area contributed by atoms with Crippen molar-refractivity contribution in [1.29, 1.82) is 0 Å². The van der Waals surface area contributed by atoms with Crippen molar-refractivity contribution in [2.24, 2.45) is 0 Å². The average Bonchev–Trinajstić information content (AvgIpc) is 3.21. The zero-order chi connectivity index (χ0) is 16.1. The van der Waals surface area contributed by atoms with Gasteiger partial charge in [0.15, 0.2) is 0 Å². The third kappa shape index (κ3) is 4.20. The fraction of sp³-hybridized carbons (Fsp3) is 0.500. The lowest BCUT2D eigenvalue weighted by Crippen LogP contribution is -2.44. The molecule has 0 saturated carbocycles. The third-order valence-electron chi connectivity index (χ3n) is 3.93. The Hall–Kier alpha value is -2.12. The number of nitrogens with zero attached hydrogens (tertiary/aromatic N) is 3. The van der Waals surface area contributed by atoms with Crippen molar-refractivity contribution in [2.75, 3.05) is 32.8 Å². The summed E-state index contributed by atoms with van der Waals surface area (Å²) in [5.41, 5.74) is 0. The van der Waals surface area contributed by atoms with Crippen LogP contribution in [0.1, 0.15) is 17.6 Å². The Balaban J connectivity index is 1.62. The second-order valence-electron chi connectivity index (χ2n) is 5.62. The monoisotopic (exact) mass is 318 g/mol. The summed E-state index contributed by atoms with van der Waals surface area (Å²) in [6, 6.07) is 5.76. The fourth-order valence-electron chi connectivity index (χ4n) is 2.74. The maximum absolute atomic E-state index is 12.1. The molecule has 124 valence electrons. The fourth-order valence-corrected chi connectivity index (χ4v) is 2.74. The van der Waals surface area contributed by atoms with Gasteiger partial charge in [-0.25, -0.2) is 0 Å². The molecule has 2 aromatic rings. The number of rotatable bonds is 6. The molecule has 2 aromatic heterocycles. The van der Waals surface area contributed by atoms with E-state index in [1.165, 1.54) is 0 Å². The van der Waals surface area contributed by atoms with Crippen LogP contribution in [0.5, 0.6) is 0 Å². The van der Waals surface area contributed by atoms with Crippen molar-refractivity contribution in [1.82, 2.24) is 20.0 Å². The summed E-state index contributed by atoms with van der Waals surface area (Å²) in [6.45, 7) is 5.73. The number of ether oxygens (including phenoxy) is 1. The normalized spacial score (nSPS) is 17.1. The first-order chi connectivity index (χ1) is 11.2. The number of amides is 1. The Morgan fingerprint density at radius 3 is 2.87 bits per heavy atom. The van der Waals surface area contributed by atoms with Gasteiger partial charge in [0.25, 0.3) is 0 Å². The smallest absolute Gasteiger partial charge is 0.241 e. The molecule has 1 aliphatic rings. The van der Waals surface area contributed by atoms with Crippen molar-refractivity contribution in [3.63, 3.8) is 0 Å². The molecule has 23 heavy (non-hydrogen) atoms. The van der Waals surface area contributed by atoms with Crippen LogP contribution in [0.3, 0.4) is 0 Å². The predicted octanol–water partition coefficient (Wildman–Crippen LogP) is 0.974. The van der Waals surface area contributed by atoms with Crippen LogP contribution >= 0.6 is 0 Å². The third-order valence-corrected chi connectivity index (χ3v) is 3.93. The minimum Gasteiger partial charge on any atom is -0.465 e. The van der Waals surface area contributed by atoms with Crippen LogP contribution in [-0.2, 0) is 16.1 Å². The second-order valence-corrected chi connectivity index (χ2v) is 5.62. The lowest BCUT2D eigenvalue weighted by molar-refractivity contribution is -0.122. The summed E-state index contributed by atoms with van der Waals surface area (Å²) < 4.78 is 12.8. The van der Waals surface area contributed by atoms with Crippen LogP contribution in [-0.4, -0.2) is 53.4 Å². The minimum atomic E-state index is -0.0600. The molecular formula is C16H22N4O3. The topological polar surface area (TPSA) is 72.5 Å². The van der Waals surface area contributed by atoms with Crippen LogP contribution in [0.25, 0.3) is 0 Å². The molecule has 0 bridgehead atoms. The van der Waals surface area contributed by atoms with Gasteiger partial charge in [-0.3, -0.25) is 14.4 Å². The molecule has 1 amide bonds. The molecular weight excluding hydrogens is 296 g/mol. The Kier molecular flexibility index (Phi) is 5.09. The Labute approximate surface area is 135 Å². The van der Waals surface area contributed by atoms with Crippen molar-refractivity contribution in [3.05, 3.63) is 42.1 Å². The zero-order valence-electron chi connectivity index (χ0n) is 13.3. The number of morpholine rings is 1. The van der Waals surface area contributed by atoms with Gasteiger partial charge in [0.1, 0.15) is 18.1 Å². The molecule has 3 heterocycles. The molecule has 0 radical (unpaired) electrons. The quantitative estimate of drug-likeness (QED) is 0.859. The maximum Gasteiger partial charge on any atom is 0.241 e. The van der Waals surface area contributed by atoms with E-state index in [4.69, 9.17) is 9.15 Å². The van der Waals surface area contributed by atoms with E-state index >= 15 is 0 Å². The summed E-state index contributed by atoms with van der Waals surface area (Å²) >= 11 is 0. The summed E-state index contributed by atoms with van der Waals surface area (Å²) in [5, 5.41) is 7.03. The van der Waals surface area contributed by atoms with Crippen molar-refractivity contribution >= 4 is 5.91 Å². The van der Waals surface area contributed by atoms with Crippen molar-refractivity contribution in [2.45, 2.75) is 19.5 Å². The average molecular weight is 318 g/mol. The van der Waals surface area contributed by atoms with Crippen LogP contribution in [0, 0.1) is 6.92 Å². The first-order valence-corrected chi connectivity index (χ1v) is 7.84. The van der Waals surface area contributed by atoms with E-state index in [2.05, 4.69) is 15.3 Å². The number of aryl methyl sites for hydroxylation is 1. The van der Waals surface area contributed by atoms with Gasteiger partial charge < -0.3 is 14.5 Å². The molecule has 3 rings (SSSR count). The van der Waals surface area contributed by atoms with Crippen LogP contribution < -0.4 is 5.32 Å². The van der Waals surface area contributed by atoms with Crippen molar-refractivity contribution < 1.29 is 13.9 Å². The lowest BCUT2D eigenvalue weighted by Gasteiger charge is -2.33. The molecule has 1 aliphatic heterocycles. The largest absolute Gasteiger partial charge is 0.465 e. The first kappa shape index (κ1) is 15.8. The Bertz CT molecular complexity index is 617. The van der Waals surface area contributed by atoms with E-state index in [1.807, 2.05) is 19.1 Å². The molecule has 1 atom stereocenters. The highest BCUT2D eigenvalue weighted by Gasteiger charge is 2.25. The number of nitrogens with one attached hydrogen (secondary N) is 1. The Morgan fingerprint density at radius 1 is 1.39 bits per heavy atom. The van der Waals surface area contributed by atoms with E-state index in [9.17, 15) is 4.79 Å². The van der Waals surface area contributed by atoms with Gasteiger partial charge in [0, 0.05) is 32.0 Å². The van der Waals surface area contributed by atoms with Gasteiger partial charge in [-0.2, -0.15) is 5.10 Å². The predicted molar refractivity (Wildman–Crippen MR) is 83.8 cm³/mol. The maximum atomic E-state index is 12.1. The molecule has 7 heteroatoms. The summed E-state index contributed by atoms with van der Waals surface area (Å²) in [5.74, 6) is 1.69. The lowest BCUT2D eigenvalue weighted by atomic mass is 10.1. The van der Waals surface area contributed by atoms with E-state index in [0.717, 1.165) is 24.6 Å². The van der Waals surface area contributed by atoms with Gasteiger partial charge >= 0.3 is 0 Å². The zero-order valence-corrected chi connectivity index (χ0v) is 13.3. The number of aromatic nitrogens is 2. The van der Waals surface area contributed by atoms with Crippen LogP contribution in [0.2, 0.25) is 0 Å². The number of hydrogen-bond donors (Lipinski definition) is 1. The molecule has 0 unspecified atom stereocenters. The van der Waals surface area contributed by atoms with Crippen LogP contribution in [0.15, 0.2) is 35.0 Å². The number of carbonyl (C=O) groups excluding carboxylic acids is 1. The van der Waals surface area contributed by atoms with E-state index in [1.54, 1.807) is 23.1 Å². The standard InChI is InChI=1S/C16H22N4O3/c1-13-3-4-15(23-13)14(19-7-9-22-10-8-19)11-17-16(21)12-20-6-2-5-18-20/h2-6,14H,7-12H2,1H3,(H,17,21)/t14-/m0/s1. The summed E-state index contributed by atoms with van der Waals surface area (Å²) in [6.07, 6.45) is 3.43. The summed E-state index contributed by atoms with van der Waals surface area (Å²) in [4.78, 5) is 14.4. The summed E-state index contributed by atoms with van der Waals surface area (Å²) in [7, 11) is 0. The highest BCUT2D eigenvalue weighted by Crippen LogP contribution is 2.23. The van der Waals surface area contributed by atoms with Crippen molar-refractivity contribution in [3.8, 4) is 0 Å². The molecule has 1 fully saturated rings. The van der Waals surface area contributed by atoms with Gasteiger partial charge in [-0.15, -0.1) is 0 Å². The molecule has 1 saturated heterocycles. The number of carbonyl (C=O) groups is 1. The van der Waals surface area contributed by atoms with Gasteiger partial charge in [-0.05, 0) is 25.1 Å². The minimum absolute atomic E-state index is 0.0224. The number of hydrogen-bond acceptors (Lipinski definition) is 5. The highest BCUT2D eigenvalue weighted by atomic mass is 16.5. The van der Waals surface area contributed by atoms with E-state index in [0.29, 0.717) is 19.8 Å². The molecule has 0 spiro atoms. The second kappa shape index (κ2) is 7.43. The highest BCUT2D eigenvalue weighted by molar-refractivity contribution is 5.75. The van der Waals surface area contributed by atoms with E-state index < -0.39 is 0 Å². The molecule has 0 aromatic carbocycles. The molecule has 1 N–H and O–H groups in total. The van der Waals surface area contributed by atoms with Gasteiger partial charge in [0.05, 0.1) is 19.3 Å². The van der Waals surface area contributed by atoms with E-state index in [-0.39, 0.29) is 18.5 Å². The Morgan fingerprint density at radius 2 is 2.22 bits per heavy atom. The molecule has 0 aliphatic carbocycles. The molecule has 7 nitrogen and oxygen atoms in total. The first-order valence-electron chi connectivity index (χ1n) is 7.84. The van der Waals surface area contributed by atoms with Gasteiger partial charge in [0.2, 0.25) is 5.91 Å². The van der Waals surface area contributed by atoms with Gasteiger partial charge in [-0.1, -0.05) is 0 Å². The SMILES string of the molecule is Cc1ccc([C@H](CNC(=O)Cn2cccn2)N2CCOCC2)o1.